The van der Waals surface area contributed by atoms with Gasteiger partial charge in [0, 0.05) is 16.9 Å². The molecule has 2 aromatic rings. The van der Waals surface area contributed by atoms with Crippen molar-refractivity contribution in [3.8, 4) is 0 Å². The minimum Gasteiger partial charge on any atom is -0.378 e. The molecule has 0 aliphatic carbocycles. The number of allylic oxidation sites excluding steroid dienone is 1. The highest BCUT2D eigenvalue weighted by atomic mass is 16.2. The third-order valence-electron chi connectivity index (χ3n) is 3.95. The number of anilines is 1. The molecule has 3 heteroatoms. The van der Waals surface area contributed by atoms with Crippen molar-refractivity contribution in [3.05, 3.63) is 84.6 Å². The maximum Gasteiger partial charge on any atom is 0.246 e. The van der Waals surface area contributed by atoms with Crippen LogP contribution in [0, 0.1) is 0 Å². The molecule has 0 heterocycles. The molecule has 2 rings (SSSR count). The van der Waals surface area contributed by atoms with Crippen molar-refractivity contribution in [1.29, 1.82) is 0 Å². The van der Waals surface area contributed by atoms with E-state index in [1.807, 2.05) is 61.5 Å². The average Bonchev–Trinajstić information content (AvgIpc) is 2.61. The molecule has 0 aliphatic heterocycles. The zero-order valence-electron chi connectivity index (χ0n) is 15.0. The number of benzene rings is 2. The Morgan fingerprint density at radius 2 is 1.68 bits per heavy atom. The van der Waals surface area contributed by atoms with E-state index in [-0.39, 0.29) is 11.9 Å². The van der Waals surface area contributed by atoms with Gasteiger partial charge in [0.2, 0.25) is 5.91 Å². The lowest BCUT2D eigenvalue weighted by molar-refractivity contribution is -0.118. The zero-order valence-corrected chi connectivity index (χ0v) is 15.0. The molecule has 2 N–H and O–H groups in total. The largest absolute Gasteiger partial charge is 0.378 e. The minimum absolute atomic E-state index is 0.0573. The summed E-state index contributed by atoms with van der Waals surface area (Å²) >= 11 is 0. The number of carbonyl (C=O) groups is 1. The molecule has 0 saturated carbocycles. The van der Waals surface area contributed by atoms with E-state index in [0.29, 0.717) is 0 Å². The Bertz CT molecular complexity index is 750. The lowest BCUT2D eigenvalue weighted by Gasteiger charge is -2.20. The van der Waals surface area contributed by atoms with Crippen molar-refractivity contribution >= 4 is 17.2 Å². The molecule has 0 saturated heterocycles. The van der Waals surface area contributed by atoms with Gasteiger partial charge in [-0.25, -0.2) is 0 Å². The lowest BCUT2D eigenvalue weighted by atomic mass is 9.98. The van der Waals surface area contributed by atoms with Gasteiger partial charge in [0.1, 0.15) is 6.04 Å². The zero-order chi connectivity index (χ0) is 18.2. The van der Waals surface area contributed by atoms with Crippen molar-refractivity contribution < 1.29 is 4.79 Å². The van der Waals surface area contributed by atoms with Gasteiger partial charge in [0.25, 0.3) is 0 Å². The average molecular weight is 334 g/mol. The van der Waals surface area contributed by atoms with Gasteiger partial charge in [-0.15, -0.1) is 0 Å². The fraction of sp³-hybridized carbons (Fsp3) is 0.227. The molecular formula is C22H26N2O. The molecule has 1 atom stereocenters. The van der Waals surface area contributed by atoms with Crippen LogP contribution in [-0.4, -0.2) is 11.9 Å². The molecule has 25 heavy (non-hydrogen) atoms. The maximum absolute atomic E-state index is 12.7. The Kier molecular flexibility index (Phi) is 6.58. The van der Waals surface area contributed by atoms with Gasteiger partial charge in [0.05, 0.1) is 0 Å². The normalized spacial score (nSPS) is 11.4. The number of rotatable bonds is 8. The van der Waals surface area contributed by atoms with Crippen LogP contribution in [0.2, 0.25) is 0 Å². The number of hydrogen-bond donors (Lipinski definition) is 2. The fourth-order valence-electron chi connectivity index (χ4n) is 2.72. The number of nitrogens with one attached hydrogen (secondary N) is 2. The van der Waals surface area contributed by atoms with Crippen molar-refractivity contribution in [2.45, 2.75) is 32.7 Å². The molecule has 2 aromatic carbocycles. The van der Waals surface area contributed by atoms with E-state index in [1.54, 1.807) is 0 Å². The van der Waals surface area contributed by atoms with Gasteiger partial charge < -0.3 is 10.6 Å². The Balaban J connectivity index is 2.24. The summed E-state index contributed by atoms with van der Waals surface area (Å²) in [5.41, 5.74) is 4.40. The molecule has 0 bridgehead atoms. The van der Waals surface area contributed by atoms with Crippen LogP contribution in [0.15, 0.2) is 73.5 Å². The summed E-state index contributed by atoms with van der Waals surface area (Å²) in [6.45, 7) is 12.0. The van der Waals surface area contributed by atoms with Crippen LogP contribution in [0.1, 0.15) is 37.8 Å². The quantitative estimate of drug-likeness (QED) is 0.715. The Labute approximate surface area is 150 Å². The Morgan fingerprint density at radius 3 is 2.32 bits per heavy atom. The van der Waals surface area contributed by atoms with E-state index < -0.39 is 0 Å². The number of para-hydroxylation sites is 1. The summed E-state index contributed by atoms with van der Waals surface area (Å²) in [4.78, 5) is 12.7. The van der Waals surface area contributed by atoms with Gasteiger partial charge >= 0.3 is 0 Å². The van der Waals surface area contributed by atoms with Crippen molar-refractivity contribution in [2.75, 3.05) is 5.32 Å². The van der Waals surface area contributed by atoms with Gasteiger partial charge in [-0.1, -0.05) is 75.0 Å². The highest BCUT2D eigenvalue weighted by Crippen LogP contribution is 2.28. The van der Waals surface area contributed by atoms with E-state index >= 15 is 0 Å². The van der Waals surface area contributed by atoms with E-state index in [4.69, 9.17) is 0 Å². The Hall–Kier alpha value is -2.81. The molecule has 0 fully saturated rings. The van der Waals surface area contributed by atoms with Gasteiger partial charge in [-0.3, -0.25) is 4.79 Å². The molecular weight excluding hydrogens is 308 g/mol. The van der Waals surface area contributed by atoms with Gasteiger partial charge in [0.15, 0.2) is 0 Å². The van der Waals surface area contributed by atoms with Crippen molar-refractivity contribution in [3.63, 3.8) is 0 Å². The molecule has 130 valence electrons. The summed E-state index contributed by atoms with van der Waals surface area (Å²) in [5.74, 6) is -0.0573. The molecule has 0 radical (unpaired) electrons. The predicted molar refractivity (Wildman–Crippen MR) is 106 cm³/mol. The lowest BCUT2D eigenvalue weighted by Crippen LogP contribution is -2.39. The van der Waals surface area contributed by atoms with Gasteiger partial charge in [-0.2, -0.15) is 0 Å². The van der Waals surface area contributed by atoms with E-state index in [0.717, 1.165) is 40.9 Å². The van der Waals surface area contributed by atoms with Crippen LogP contribution >= 0.6 is 0 Å². The van der Waals surface area contributed by atoms with Crippen molar-refractivity contribution in [2.24, 2.45) is 0 Å². The minimum atomic E-state index is -0.291. The molecule has 3 nitrogen and oxygen atoms in total. The first-order valence-electron chi connectivity index (χ1n) is 8.59. The van der Waals surface area contributed by atoms with E-state index in [2.05, 4.69) is 30.7 Å². The third kappa shape index (κ3) is 5.08. The van der Waals surface area contributed by atoms with Crippen LogP contribution in [0.5, 0.6) is 0 Å². The monoisotopic (exact) mass is 334 g/mol. The SMILES string of the molecule is C=C(C)NC(CCC)C(=O)Nc1ccccc1C(=C)c1ccccc1. The smallest absolute Gasteiger partial charge is 0.246 e. The molecule has 1 unspecified atom stereocenters. The second-order valence-corrected chi connectivity index (χ2v) is 6.15. The predicted octanol–water partition coefficient (Wildman–Crippen LogP) is 4.98. The third-order valence-corrected chi connectivity index (χ3v) is 3.95. The Morgan fingerprint density at radius 1 is 1.04 bits per heavy atom. The summed E-state index contributed by atoms with van der Waals surface area (Å²) in [6, 6.07) is 17.4. The second kappa shape index (κ2) is 8.88. The maximum atomic E-state index is 12.7. The topological polar surface area (TPSA) is 41.1 Å². The van der Waals surface area contributed by atoms with E-state index in [1.165, 1.54) is 0 Å². The molecule has 1 amide bonds. The summed E-state index contributed by atoms with van der Waals surface area (Å²) in [5, 5.41) is 6.20. The number of amides is 1. The van der Waals surface area contributed by atoms with E-state index in [9.17, 15) is 4.79 Å². The number of hydrogen-bond acceptors (Lipinski definition) is 2. The summed E-state index contributed by atoms with van der Waals surface area (Å²) in [7, 11) is 0. The van der Waals surface area contributed by atoms with Crippen LogP contribution in [-0.2, 0) is 4.79 Å². The first-order valence-corrected chi connectivity index (χ1v) is 8.59. The molecule has 0 aliphatic rings. The molecule has 0 aromatic heterocycles. The summed E-state index contributed by atoms with van der Waals surface area (Å²) in [6.07, 6.45) is 1.66. The van der Waals surface area contributed by atoms with Gasteiger partial charge in [-0.05, 0) is 30.5 Å². The highest BCUT2D eigenvalue weighted by Gasteiger charge is 2.18. The fourth-order valence-corrected chi connectivity index (χ4v) is 2.72. The van der Waals surface area contributed by atoms with Crippen molar-refractivity contribution in [1.82, 2.24) is 5.32 Å². The first-order chi connectivity index (χ1) is 12.0. The number of carbonyl (C=O) groups excluding carboxylic acids is 1. The van der Waals surface area contributed by atoms with Crippen LogP contribution in [0.4, 0.5) is 5.69 Å². The van der Waals surface area contributed by atoms with Crippen LogP contribution < -0.4 is 10.6 Å². The van der Waals surface area contributed by atoms with Crippen LogP contribution in [0.3, 0.4) is 0 Å². The van der Waals surface area contributed by atoms with Crippen LogP contribution in [0.25, 0.3) is 5.57 Å². The highest BCUT2D eigenvalue weighted by molar-refractivity contribution is 5.98. The first kappa shape index (κ1) is 18.5. The second-order valence-electron chi connectivity index (χ2n) is 6.15. The summed E-state index contributed by atoms with van der Waals surface area (Å²) < 4.78 is 0. The molecule has 0 spiro atoms. The standard InChI is InChI=1S/C22H26N2O/c1-5-11-21(23-16(2)3)22(25)24-20-15-10-9-14-19(20)17(4)18-12-7-6-8-13-18/h6-10,12-15,21,23H,2,4-5,11H2,1,3H3,(H,24,25).